The van der Waals surface area contributed by atoms with E-state index in [1.807, 2.05) is 0 Å². The maximum Gasteiger partial charge on any atom is 0.490 e. The van der Waals surface area contributed by atoms with E-state index in [9.17, 15) is 28.5 Å². The second-order valence-corrected chi connectivity index (χ2v) is 11.1. The van der Waals surface area contributed by atoms with Crippen molar-refractivity contribution in [1.29, 1.82) is 0 Å². The van der Waals surface area contributed by atoms with E-state index in [4.69, 9.17) is 25.2 Å². The molecule has 2 aromatic rings. The van der Waals surface area contributed by atoms with Crippen LogP contribution in [0.3, 0.4) is 0 Å². The maximum atomic E-state index is 11.9. The lowest BCUT2D eigenvalue weighted by Crippen LogP contribution is -2.31. The molecule has 18 nitrogen and oxygen atoms in total. The van der Waals surface area contributed by atoms with E-state index in [-0.39, 0.29) is 23.5 Å². The number of nitrogen functional groups attached to an aromatic ring is 1. The van der Waals surface area contributed by atoms with E-state index in [1.54, 1.807) is 0 Å². The molecule has 2 aromatic heterocycles. The Hall–Kier alpha value is -1.52. The van der Waals surface area contributed by atoms with E-state index >= 15 is 0 Å². The number of hydrogen-bond acceptors (Lipinski definition) is 12. The predicted molar refractivity (Wildman–Crippen MR) is 102 cm³/mol. The Morgan fingerprint density at radius 2 is 1.94 bits per heavy atom. The van der Waals surface area contributed by atoms with Gasteiger partial charge in [0.2, 0.25) is 5.95 Å². The quantitative estimate of drug-likeness (QED) is 0.202. The van der Waals surface area contributed by atoms with Crippen LogP contribution in [-0.2, 0) is 37.3 Å². The third-order valence-electron chi connectivity index (χ3n) is 4.18. The number of aliphatic hydroxyl groups excluding tert-OH is 1. The Kier molecular flexibility index (Phi) is 6.56. The highest BCUT2D eigenvalue weighted by atomic mass is 31.3. The summed E-state index contributed by atoms with van der Waals surface area (Å²) in [6.07, 6.45) is -1.51. The smallest absolute Gasteiger partial charge is 0.390 e. The van der Waals surface area contributed by atoms with Gasteiger partial charge >= 0.3 is 23.5 Å². The number of nitrogens with two attached hydrogens (primary N) is 1. The Balaban J connectivity index is 1.73. The molecule has 5 atom stereocenters. The van der Waals surface area contributed by atoms with Gasteiger partial charge in [-0.2, -0.15) is 13.6 Å². The molecule has 1 saturated heterocycles. The van der Waals surface area contributed by atoms with Gasteiger partial charge in [-0.15, -0.1) is 0 Å². The Bertz CT molecular complexity index is 1220. The number of imidazole rings is 1. The van der Waals surface area contributed by atoms with Crippen LogP contribution < -0.4 is 11.3 Å². The maximum absolute atomic E-state index is 11.9. The van der Waals surface area contributed by atoms with Gasteiger partial charge in [0.15, 0.2) is 11.2 Å². The topological polar surface area (TPSA) is 279 Å². The molecule has 32 heavy (non-hydrogen) atoms. The number of H-pyrrole nitrogens is 1. The van der Waals surface area contributed by atoms with Gasteiger partial charge in [-0.05, 0) is 6.92 Å². The molecule has 21 heteroatoms. The highest BCUT2D eigenvalue weighted by molar-refractivity contribution is 7.66. The van der Waals surface area contributed by atoms with Crippen molar-refractivity contribution >= 4 is 40.6 Å². The summed E-state index contributed by atoms with van der Waals surface area (Å²) >= 11 is 0. The summed E-state index contributed by atoms with van der Waals surface area (Å²) in [5, 5.41) is 10.3. The fourth-order valence-corrected chi connectivity index (χ4v) is 6.05. The summed E-state index contributed by atoms with van der Waals surface area (Å²) in [6, 6.07) is 0. The number of aliphatic hydroxyl groups is 1. The second-order valence-electron chi connectivity index (χ2n) is 6.73. The normalized spacial score (nSPS) is 27.9. The molecule has 0 aromatic carbocycles. The number of rotatable bonds is 8. The SMILES string of the molecule is C[C@]1(n2cnc3c(=O)[nH]c(N)nc32)C[C@H](O)[C@@H](COP(=O)(O)OP(=O)(O)OP(=O)(O)O)O1. The summed E-state index contributed by atoms with van der Waals surface area (Å²) in [5.74, 6) is -0.199. The number of nitrogens with one attached hydrogen (secondary N) is 1. The average Bonchev–Trinajstić information content (AvgIpc) is 3.11. The first-order valence-corrected chi connectivity index (χ1v) is 12.9. The second kappa shape index (κ2) is 8.36. The molecule has 8 N–H and O–H groups in total. The van der Waals surface area contributed by atoms with E-state index in [2.05, 4.69) is 28.1 Å². The lowest BCUT2D eigenvalue weighted by atomic mass is 10.1. The number of anilines is 1. The minimum atomic E-state index is -5.68. The molecule has 2 unspecified atom stereocenters. The Labute approximate surface area is 177 Å². The van der Waals surface area contributed by atoms with Gasteiger partial charge in [0.25, 0.3) is 5.56 Å². The molecular formula is C11H18N5O13P3. The van der Waals surface area contributed by atoms with Crippen LogP contribution in [0.15, 0.2) is 11.1 Å². The number of hydrogen-bond donors (Lipinski definition) is 7. The van der Waals surface area contributed by atoms with Crippen LogP contribution in [0.4, 0.5) is 5.95 Å². The standard InChI is InChI=1S/C11H18N5O13P3/c1-11(16-4-13-7-8(16)14-10(12)15-9(7)18)2-5(17)6(27-11)3-26-31(22,23)29-32(24,25)28-30(19,20)21/h4-6,17H,2-3H2,1H3,(H,22,23)(H,24,25)(H2,19,20,21)(H3,12,14,15,18)/t5-,6+,11+/m0/s1. The van der Waals surface area contributed by atoms with E-state index in [0.29, 0.717) is 0 Å². The van der Waals surface area contributed by atoms with Crippen LogP contribution in [0.1, 0.15) is 13.3 Å². The third kappa shape index (κ3) is 5.69. The summed E-state index contributed by atoms with van der Waals surface area (Å²) in [6.45, 7) is 0.629. The van der Waals surface area contributed by atoms with Crippen molar-refractivity contribution in [1.82, 2.24) is 19.5 Å². The number of phosphoric ester groups is 1. The minimum absolute atomic E-state index is 0.0366. The molecule has 0 bridgehead atoms. The molecule has 180 valence electrons. The van der Waals surface area contributed by atoms with Crippen LogP contribution in [0.2, 0.25) is 0 Å². The first-order valence-electron chi connectivity index (χ1n) is 8.38. The summed E-state index contributed by atoms with van der Waals surface area (Å²) in [7, 11) is -16.6. The van der Waals surface area contributed by atoms with Gasteiger partial charge in [-0.3, -0.25) is 18.9 Å². The zero-order valence-corrected chi connectivity index (χ0v) is 18.6. The van der Waals surface area contributed by atoms with Crippen LogP contribution in [0, 0.1) is 0 Å². The van der Waals surface area contributed by atoms with Gasteiger partial charge in [0.1, 0.15) is 11.8 Å². The molecule has 0 saturated carbocycles. The van der Waals surface area contributed by atoms with Crippen molar-refractivity contribution in [3.8, 4) is 0 Å². The monoisotopic (exact) mass is 521 g/mol. The lowest BCUT2D eigenvalue weighted by molar-refractivity contribution is -0.102. The van der Waals surface area contributed by atoms with Crippen LogP contribution in [0.5, 0.6) is 0 Å². The predicted octanol–water partition coefficient (Wildman–Crippen LogP) is -1.13. The Morgan fingerprint density at radius 1 is 1.28 bits per heavy atom. The highest BCUT2D eigenvalue weighted by Gasteiger charge is 2.47. The average molecular weight is 521 g/mol. The molecule has 3 rings (SSSR count). The number of phosphoric acid groups is 3. The first-order chi connectivity index (χ1) is 14.5. The van der Waals surface area contributed by atoms with Crippen molar-refractivity contribution in [2.45, 2.75) is 31.3 Å². The number of fused-ring (bicyclic) bond motifs is 1. The van der Waals surface area contributed by atoms with Gasteiger partial charge in [0.05, 0.1) is 19.0 Å². The van der Waals surface area contributed by atoms with Gasteiger partial charge in [-0.25, -0.2) is 18.7 Å². The van der Waals surface area contributed by atoms with Gasteiger partial charge in [-0.1, -0.05) is 0 Å². The number of aromatic amines is 1. The van der Waals surface area contributed by atoms with Gasteiger partial charge < -0.3 is 35.2 Å². The first kappa shape index (κ1) is 25.1. The zero-order chi connectivity index (χ0) is 24.1. The van der Waals surface area contributed by atoms with Crippen molar-refractivity contribution in [2.24, 2.45) is 0 Å². The van der Waals surface area contributed by atoms with E-state index < -0.39 is 53.6 Å². The van der Waals surface area contributed by atoms with E-state index in [1.165, 1.54) is 17.8 Å². The molecule has 1 aliphatic rings. The number of aromatic nitrogens is 4. The molecule has 0 spiro atoms. The minimum Gasteiger partial charge on any atom is -0.390 e. The molecule has 0 amide bonds. The van der Waals surface area contributed by atoms with Gasteiger partial charge in [0, 0.05) is 6.42 Å². The zero-order valence-electron chi connectivity index (χ0n) is 15.9. The number of ether oxygens (including phenoxy) is 1. The molecule has 0 radical (unpaired) electrons. The Morgan fingerprint density at radius 3 is 2.56 bits per heavy atom. The molecule has 0 aliphatic carbocycles. The molecule has 3 heterocycles. The molecule has 1 aliphatic heterocycles. The summed E-state index contributed by atoms with van der Waals surface area (Å²) < 4.78 is 52.5. The molecule has 1 fully saturated rings. The van der Waals surface area contributed by atoms with Crippen molar-refractivity contribution in [3.63, 3.8) is 0 Å². The fourth-order valence-electron chi connectivity index (χ4n) is 3.02. The summed E-state index contributed by atoms with van der Waals surface area (Å²) in [5.41, 5.74) is 3.53. The lowest BCUT2D eigenvalue weighted by Gasteiger charge is -2.26. The fraction of sp³-hybridized carbons (Fsp3) is 0.545. The van der Waals surface area contributed by atoms with E-state index in [0.717, 1.165) is 0 Å². The highest BCUT2D eigenvalue weighted by Crippen LogP contribution is 2.66. The van der Waals surface area contributed by atoms with Crippen molar-refractivity contribution in [2.75, 3.05) is 12.3 Å². The van der Waals surface area contributed by atoms with Crippen molar-refractivity contribution < 1.29 is 56.3 Å². The summed E-state index contributed by atoms with van der Waals surface area (Å²) in [4.78, 5) is 57.8. The molecular weight excluding hydrogens is 503 g/mol. The van der Waals surface area contributed by atoms with Crippen LogP contribution in [0.25, 0.3) is 11.2 Å². The van der Waals surface area contributed by atoms with Crippen LogP contribution >= 0.6 is 23.5 Å². The largest absolute Gasteiger partial charge is 0.490 e. The number of nitrogens with zero attached hydrogens (tertiary/aromatic N) is 3. The third-order valence-corrected chi connectivity index (χ3v) is 7.98. The van der Waals surface area contributed by atoms with Crippen molar-refractivity contribution in [3.05, 3.63) is 16.7 Å². The van der Waals surface area contributed by atoms with Crippen LogP contribution in [-0.4, -0.2) is 63.0 Å².